The molecule has 140 valence electrons. The van der Waals surface area contributed by atoms with E-state index in [1.165, 1.54) is 0 Å². The number of halogens is 1. The molecule has 0 unspecified atom stereocenters. The summed E-state index contributed by atoms with van der Waals surface area (Å²) in [5.41, 5.74) is 10.7. The molecule has 7 heteroatoms. The van der Waals surface area contributed by atoms with E-state index in [1.54, 1.807) is 13.8 Å². The van der Waals surface area contributed by atoms with Crippen molar-refractivity contribution in [2.45, 2.75) is 46.2 Å². The SMILES string of the molecule is CC(=N)C(=C(C)N)c1cc(-c2c(C)noc2C)cc2[nH]c(C3(F)CC3)nc12. The fourth-order valence-electron chi connectivity index (χ4n) is 3.62. The Bertz CT molecular complexity index is 1090. The van der Waals surface area contributed by atoms with Crippen LogP contribution in [0.2, 0.25) is 0 Å². The van der Waals surface area contributed by atoms with Gasteiger partial charge < -0.3 is 20.7 Å². The summed E-state index contributed by atoms with van der Waals surface area (Å²) < 4.78 is 19.9. The number of H-pyrrole nitrogens is 1. The summed E-state index contributed by atoms with van der Waals surface area (Å²) in [6.45, 7) is 7.17. The third kappa shape index (κ3) is 2.74. The van der Waals surface area contributed by atoms with Crippen molar-refractivity contribution in [3.8, 4) is 11.1 Å². The predicted octanol–water partition coefficient (Wildman–Crippen LogP) is 4.52. The normalized spacial score (nSPS) is 16.5. The summed E-state index contributed by atoms with van der Waals surface area (Å²) in [6, 6.07) is 3.86. The van der Waals surface area contributed by atoms with Crippen LogP contribution in [0.4, 0.5) is 4.39 Å². The van der Waals surface area contributed by atoms with Gasteiger partial charge in [0, 0.05) is 28.1 Å². The third-order valence-corrected chi connectivity index (χ3v) is 5.06. The second-order valence-electron chi connectivity index (χ2n) is 7.35. The molecule has 0 spiro atoms. The molecule has 0 aliphatic heterocycles. The van der Waals surface area contributed by atoms with Gasteiger partial charge in [-0.05, 0) is 58.2 Å². The lowest BCUT2D eigenvalue weighted by molar-refractivity contribution is 0.303. The number of fused-ring (bicyclic) bond motifs is 1. The maximum atomic E-state index is 14.6. The topological polar surface area (TPSA) is 105 Å². The molecule has 27 heavy (non-hydrogen) atoms. The van der Waals surface area contributed by atoms with Crippen molar-refractivity contribution >= 4 is 22.3 Å². The average molecular weight is 367 g/mol. The van der Waals surface area contributed by atoms with Gasteiger partial charge in [-0.3, -0.25) is 0 Å². The zero-order valence-electron chi connectivity index (χ0n) is 15.8. The van der Waals surface area contributed by atoms with Gasteiger partial charge in [-0.2, -0.15) is 0 Å². The number of aromatic amines is 1. The van der Waals surface area contributed by atoms with Gasteiger partial charge in [0.25, 0.3) is 0 Å². The third-order valence-electron chi connectivity index (χ3n) is 5.06. The van der Waals surface area contributed by atoms with Crippen molar-refractivity contribution in [1.29, 1.82) is 5.41 Å². The molecule has 0 amide bonds. The van der Waals surface area contributed by atoms with Gasteiger partial charge in [-0.25, -0.2) is 9.37 Å². The monoisotopic (exact) mass is 367 g/mol. The van der Waals surface area contributed by atoms with Crippen LogP contribution in [0.1, 0.15) is 49.5 Å². The minimum Gasteiger partial charge on any atom is -0.402 e. The largest absolute Gasteiger partial charge is 0.402 e. The zero-order valence-corrected chi connectivity index (χ0v) is 15.8. The van der Waals surface area contributed by atoms with E-state index in [0.717, 1.165) is 16.8 Å². The maximum absolute atomic E-state index is 14.6. The lowest BCUT2D eigenvalue weighted by atomic mass is 9.94. The van der Waals surface area contributed by atoms with Gasteiger partial charge in [0.1, 0.15) is 11.6 Å². The Morgan fingerprint density at radius 3 is 2.52 bits per heavy atom. The number of aromatic nitrogens is 3. The number of imidazole rings is 1. The van der Waals surface area contributed by atoms with Crippen LogP contribution in [0.15, 0.2) is 22.4 Å². The van der Waals surface area contributed by atoms with Gasteiger partial charge in [-0.15, -0.1) is 0 Å². The smallest absolute Gasteiger partial charge is 0.168 e. The Morgan fingerprint density at radius 2 is 2.00 bits per heavy atom. The molecule has 0 atom stereocenters. The number of hydrogen-bond acceptors (Lipinski definition) is 5. The summed E-state index contributed by atoms with van der Waals surface area (Å²) >= 11 is 0. The maximum Gasteiger partial charge on any atom is 0.168 e. The first kappa shape index (κ1) is 17.5. The van der Waals surface area contributed by atoms with E-state index in [2.05, 4.69) is 15.1 Å². The number of nitrogens with one attached hydrogen (secondary N) is 2. The van der Waals surface area contributed by atoms with E-state index in [0.29, 0.717) is 58.0 Å². The Labute approximate surface area is 156 Å². The Kier molecular flexibility index (Phi) is 3.73. The molecular weight excluding hydrogens is 345 g/mol. The average Bonchev–Trinajstić information content (AvgIpc) is 3.02. The molecule has 3 aromatic rings. The molecule has 1 aromatic carbocycles. The fraction of sp³-hybridized carbons (Fsp3) is 0.350. The van der Waals surface area contributed by atoms with Crippen molar-refractivity contribution in [3.05, 3.63) is 40.7 Å². The standard InChI is InChI=1S/C20H22FN5O/c1-9(22)16(10(2)23)14-7-13(17-11(3)26-27-12(17)4)8-15-18(14)25-19(24-15)20(21)5-6-20/h7-8,22H,5-6,23H2,1-4H3,(H,24,25). The highest BCUT2D eigenvalue weighted by Gasteiger charge is 2.48. The molecule has 1 fully saturated rings. The van der Waals surface area contributed by atoms with Crippen molar-refractivity contribution in [1.82, 2.24) is 15.1 Å². The Hall–Kier alpha value is -2.96. The summed E-state index contributed by atoms with van der Waals surface area (Å²) in [4.78, 5) is 7.68. The highest BCUT2D eigenvalue weighted by atomic mass is 19.1. The van der Waals surface area contributed by atoms with Crippen LogP contribution in [0.3, 0.4) is 0 Å². The van der Waals surface area contributed by atoms with E-state index in [4.69, 9.17) is 15.7 Å². The van der Waals surface area contributed by atoms with Gasteiger partial charge in [-0.1, -0.05) is 5.16 Å². The summed E-state index contributed by atoms with van der Waals surface area (Å²) in [5.74, 6) is 1.04. The quantitative estimate of drug-likeness (QED) is 0.589. The fourth-order valence-corrected chi connectivity index (χ4v) is 3.62. The van der Waals surface area contributed by atoms with E-state index in [9.17, 15) is 4.39 Å². The minimum absolute atomic E-state index is 0.332. The van der Waals surface area contributed by atoms with Crippen LogP contribution in [0, 0.1) is 19.3 Å². The highest BCUT2D eigenvalue weighted by Crippen LogP contribution is 2.49. The Balaban J connectivity index is 2.05. The van der Waals surface area contributed by atoms with Crippen molar-refractivity contribution in [2.24, 2.45) is 5.73 Å². The first-order valence-corrected chi connectivity index (χ1v) is 8.90. The minimum atomic E-state index is -1.37. The van der Waals surface area contributed by atoms with Gasteiger partial charge in [0.05, 0.1) is 16.7 Å². The van der Waals surface area contributed by atoms with Crippen LogP contribution in [0.25, 0.3) is 27.7 Å². The van der Waals surface area contributed by atoms with Crippen LogP contribution in [-0.2, 0) is 5.67 Å². The molecule has 0 bridgehead atoms. The summed E-state index contributed by atoms with van der Waals surface area (Å²) in [5, 5.41) is 12.2. The summed E-state index contributed by atoms with van der Waals surface area (Å²) in [7, 11) is 0. The van der Waals surface area contributed by atoms with Crippen molar-refractivity contribution in [3.63, 3.8) is 0 Å². The van der Waals surface area contributed by atoms with E-state index < -0.39 is 5.67 Å². The number of aryl methyl sites for hydroxylation is 2. The molecule has 2 heterocycles. The number of nitrogens with zero attached hydrogens (tertiary/aromatic N) is 2. The van der Waals surface area contributed by atoms with Gasteiger partial charge in [0.2, 0.25) is 0 Å². The van der Waals surface area contributed by atoms with E-state index in [1.807, 2.05) is 26.0 Å². The van der Waals surface area contributed by atoms with Crippen molar-refractivity contribution in [2.75, 3.05) is 0 Å². The zero-order chi connectivity index (χ0) is 19.5. The van der Waals surface area contributed by atoms with Crippen LogP contribution in [0.5, 0.6) is 0 Å². The number of rotatable bonds is 4. The first-order chi connectivity index (χ1) is 12.7. The molecule has 4 rings (SSSR count). The molecule has 2 aromatic heterocycles. The molecule has 1 aliphatic carbocycles. The molecule has 1 saturated carbocycles. The number of benzene rings is 1. The number of hydrogen-bond donors (Lipinski definition) is 3. The first-order valence-electron chi connectivity index (χ1n) is 8.90. The summed E-state index contributed by atoms with van der Waals surface area (Å²) in [6.07, 6.45) is 0.947. The number of nitrogens with two attached hydrogens (primary N) is 1. The molecule has 0 saturated heterocycles. The van der Waals surface area contributed by atoms with E-state index in [-0.39, 0.29) is 0 Å². The Morgan fingerprint density at radius 1 is 1.30 bits per heavy atom. The lowest BCUT2D eigenvalue weighted by Gasteiger charge is -2.12. The molecule has 4 N–H and O–H groups in total. The molecular formula is C20H22FN5O. The van der Waals surface area contributed by atoms with Gasteiger partial charge >= 0.3 is 0 Å². The van der Waals surface area contributed by atoms with Gasteiger partial charge in [0.15, 0.2) is 5.67 Å². The van der Waals surface area contributed by atoms with Crippen molar-refractivity contribution < 1.29 is 8.91 Å². The van der Waals surface area contributed by atoms with E-state index >= 15 is 0 Å². The molecule has 0 radical (unpaired) electrons. The number of alkyl halides is 1. The predicted molar refractivity (Wildman–Crippen MR) is 103 cm³/mol. The second kappa shape index (κ2) is 5.77. The van der Waals surface area contributed by atoms with Crippen LogP contribution < -0.4 is 5.73 Å². The lowest BCUT2D eigenvalue weighted by Crippen LogP contribution is -2.06. The molecule has 1 aliphatic rings. The van der Waals surface area contributed by atoms with Crippen LogP contribution in [-0.4, -0.2) is 20.8 Å². The molecule has 6 nitrogen and oxygen atoms in total. The highest BCUT2D eigenvalue weighted by molar-refractivity contribution is 6.24. The number of allylic oxidation sites excluding steroid dienone is 2. The van der Waals surface area contributed by atoms with Crippen LogP contribution >= 0.6 is 0 Å². The second-order valence-corrected chi connectivity index (χ2v) is 7.35.